The summed E-state index contributed by atoms with van der Waals surface area (Å²) in [6, 6.07) is 9.31. The molecule has 35 heavy (non-hydrogen) atoms. The number of nitrogens with one attached hydrogen (secondary N) is 1. The van der Waals surface area contributed by atoms with Gasteiger partial charge in [-0.2, -0.15) is 0 Å². The highest BCUT2D eigenvalue weighted by molar-refractivity contribution is 9.10. The summed E-state index contributed by atoms with van der Waals surface area (Å²) in [5, 5.41) is 2.80. The Morgan fingerprint density at radius 1 is 1.06 bits per heavy atom. The third-order valence-corrected chi connectivity index (χ3v) is 6.87. The van der Waals surface area contributed by atoms with Gasteiger partial charge in [0.15, 0.2) is 11.6 Å². The lowest BCUT2D eigenvalue weighted by molar-refractivity contribution is -0.140. The first-order chi connectivity index (χ1) is 16.3. The number of hydrogen-bond acceptors (Lipinski definition) is 4. The van der Waals surface area contributed by atoms with Crippen LogP contribution < -0.4 is 9.62 Å². The molecular formula is C24H30BrF2N3O4S. The van der Waals surface area contributed by atoms with Gasteiger partial charge < -0.3 is 10.2 Å². The second-order valence-electron chi connectivity index (χ2n) is 8.53. The first kappa shape index (κ1) is 28.7. The maximum Gasteiger partial charge on any atom is 0.242 e. The van der Waals surface area contributed by atoms with Crippen molar-refractivity contribution in [2.45, 2.75) is 52.2 Å². The second-order valence-corrected chi connectivity index (χ2v) is 11.4. The number of halogens is 3. The fraction of sp³-hybridized carbons (Fsp3) is 0.417. The van der Waals surface area contributed by atoms with E-state index in [2.05, 4.69) is 21.2 Å². The molecule has 1 N–H and O–H groups in total. The quantitative estimate of drug-likeness (QED) is 0.436. The molecule has 0 bridgehead atoms. The van der Waals surface area contributed by atoms with Gasteiger partial charge in [0, 0.05) is 36.1 Å². The lowest BCUT2D eigenvalue weighted by Gasteiger charge is -2.30. The zero-order valence-corrected chi connectivity index (χ0v) is 22.5. The second kappa shape index (κ2) is 12.4. The van der Waals surface area contributed by atoms with Crippen molar-refractivity contribution in [2.75, 3.05) is 17.1 Å². The number of rotatable bonds is 11. The highest BCUT2D eigenvalue weighted by atomic mass is 79.9. The monoisotopic (exact) mass is 573 g/mol. The van der Waals surface area contributed by atoms with E-state index < -0.39 is 27.7 Å². The van der Waals surface area contributed by atoms with Gasteiger partial charge in [0.05, 0.1) is 11.9 Å². The van der Waals surface area contributed by atoms with E-state index in [1.54, 1.807) is 6.92 Å². The predicted octanol–water partition coefficient (Wildman–Crippen LogP) is 4.22. The van der Waals surface area contributed by atoms with Crippen LogP contribution in [-0.2, 0) is 26.2 Å². The summed E-state index contributed by atoms with van der Waals surface area (Å²) >= 11 is 3.40. The normalized spacial score (nSPS) is 12.3. The van der Waals surface area contributed by atoms with Crippen molar-refractivity contribution in [2.24, 2.45) is 0 Å². The van der Waals surface area contributed by atoms with Crippen LogP contribution in [0.15, 0.2) is 46.9 Å². The van der Waals surface area contributed by atoms with Gasteiger partial charge in [-0.25, -0.2) is 17.2 Å². The van der Waals surface area contributed by atoms with E-state index in [9.17, 15) is 26.8 Å². The van der Waals surface area contributed by atoms with Crippen LogP contribution in [-0.4, -0.2) is 50.0 Å². The van der Waals surface area contributed by atoms with Gasteiger partial charge in [0.1, 0.15) is 6.04 Å². The van der Waals surface area contributed by atoms with E-state index in [0.717, 1.165) is 32.7 Å². The Morgan fingerprint density at radius 2 is 1.74 bits per heavy atom. The SMILES string of the molecule is CC(C)NC(=O)C(C)N(Cc1cccc(Br)c1)C(=O)CCCN(c1ccc(F)c(F)c1)S(C)(=O)=O. The topological polar surface area (TPSA) is 86.8 Å². The zero-order chi connectivity index (χ0) is 26.3. The Kier molecular flexibility index (Phi) is 10.2. The highest BCUT2D eigenvalue weighted by Gasteiger charge is 2.27. The number of benzene rings is 2. The van der Waals surface area contributed by atoms with E-state index in [1.165, 1.54) is 11.0 Å². The molecule has 0 aliphatic carbocycles. The summed E-state index contributed by atoms with van der Waals surface area (Å²) in [4.78, 5) is 27.3. The molecule has 192 valence electrons. The minimum atomic E-state index is -3.81. The average Bonchev–Trinajstić information content (AvgIpc) is 2.75. The molecule has 2 rings (SSSR count). The van der Waals surface area contributed by atoms with E-state index in [-0.39, 0.29) is 49.5 Å². The molecule has 0 saturated heterocycles. The van der Waals surface area contributed by atoms with Gasteiger partial charge in [0.25, 0.3) is 0 Å². The minimum absolute atomic E-state index is 0.0329. The molecule has 2 aromatic rings. The number of carbonyl (C=O) groups is 2. The van der Waals surface area contributed by atoms with Gasteiger partial charge in [-0.3, -0.25) is 13.9 Å². The van der Waals surface area contributed by atoms with Crippen molar-refractivity contribution in [3.63, 3.8) is 0 Å². The zero-order valence-electron chi connectivity index (χ0n) is 20.1. The molecule has 0 spiro atoms. The van der Waals surface area contributed by atoms with Crippen molar-refractivity contribution >= 4 is 43.5 Å². The summed E-state index contributed by atoms with van der Waals surface area (Å²) in [5.41, 5.74) is 0.783. The van der Waals surface area contributed by atoms with Gasteiger partial charge >= 0.3 is 0 Å². The average molecular weight is 574 g/mol. The van der Waals surface area contributed by atoms with Gasteiger partial charge in [-0.1, -0.05) is 28.1 Å². The summed E-state index contributed by atoms with van der Waals surface area (Å²) in [7, 11) is -3.81. The summed E-state index contributed by atoms with van der Waals surface area (Å²) in [6.07, 6.45) is 1.01. The summed E-state index contributed by atoms with van der Waals surface area (Å²) in [6.45, 7) is 5.35. The van der Waals surface area contributed by atoms with Crippen LogP contribution in [0.3, 0.4) is 0 Å². The molecule has 0 aliphatic heterocycles. The molecule has 1 unspecified atom stereocenters. The minimum Gasteiger partial charge on any atom is -0.352 e. The van der Waals surface area contributed by atoms with E-state index in [1.807, 2.05) is 38.1 Å². The number of nitrogens with zero attached hydrogens (tertiary/aromatic N) is 2. The Balaban J connectivity index is 2.19. The summed E-state index contributed by atoms with van der Waals surface area (Å²) in [5.74, 6) is -2.90. The van der Waals surface area contributed by atoms with Crippen molar-refractivity contribution in [1.29, 1.82) is 0 Å². The maximum atomic E-state index is 13.7. The van der Waals surface area contributed by atoms with E-state index >= 15 is 0 Å². The fourth-order valence-corrected chi connectivity index (χ4v) is 4.87. The van der Waals surface area contributed by atoms with Crippen molar-refractivity contribution in [1.82, 2.24) is 10.2 Å². The lowest BCUT2D eigenvalue weighted by Crippen LogP contribution is -2.49. The molecule has 2 amide bonds. The molecule has 11 heteroatoms. The van der Waals surface area contributed by atoms with Gasteiger partial charge in [0.2, 0.25) is 21.8 Å². The number of amides is 2. The molecule has 0 radical (unpaired) electrons. The first-order valence-electron chi connectivity index (χ1n) is 11.1. The Bertz CT molecular complexity index is 1160. The van der Waals surface area contributed by atoms with Crippen molar-refractivity contribution in [3.8, 4) is 0 Å². The molecule has 1 atom stereocenters. The van der Waals surface area contributed by atoms with Gasteiger partial charge in [-0.15, -0.1) is 0 Å². The molecule has 2 aromatic carbocycles. The number of hydrogen-bond donors (Lipinski definition) is 1. The van der Waals surface area contributed by atoms with Crippen LogP contribution in [0.25, 0.3) is 0 Å². The van der Waals surface area contributed by atoms with Gasteiger partial charge in [-0.05, 0) is 57.0 Å². The molecule has 0 aromatic heterocycles. The molecule has 7 nitrogen and oxygen atoms in total. The first-order valence-corrected chi connectivity index (χ1v) is 13.7. The highest BCUT2D eigenvalue weighted by Crippen LogP contribution is 2.22. The lowest BCUT2D eigenvalue weighted by atomic mass is 10.1. The third kappa shape index (κ3) is 8.57. The largest absolute Gasteiger partial charge is 0.352 e. The fourth-order valence-electron chi connectivity index (χ4n) is 3.46. The number of sulfonamides is 1. The summed E-state index contributed by atoms with van der Waals surface area (Å²) < 4.78 is 53.3. The smallest absolute Gasteiger partial charge is 0.242 e. The molecule has 0 heterocycles. The Hall–Kier alpha value is -2.53. The van der Waals surface area contributed by atoms with Crippen molar-refractivity contribution in [3.05, 3.63) is 64.1 Å². The van der Waals surface area contributed by atoms with Crippen LogP contribution in [0.1, 0.15) is 39.2 Å². The molecular weight excluding hydrogens is 544 g/mol. The Morgan fingerprint density at radius 3 is 2.31 bits per heavy atom. The molecule has 0 saturated carbocycles. The van der Waals surface area contributed by atoms with Crippen LogP contribution in [0.4, 0.5) is 14.5 Å². The molecule has 0 aliphatic rings. The Labute approximate surface area is 213 Å². The standard InChI is InChI=1S/C24H30BrF2N3O4S/c1-16(2)28-24(32)17(3)29(15-18-7-5-8-19(25)13-18)23(31)9-6-12-30(35(4,33)34)20-10-11-21(26)22(27)14-20/h5,7-8,10-11,13-14,16-17H,6,9,12,15H2,1-4H3,(H,28,32). The number of anilines is 1. The van der Waals surface area contributed by atoms with E-state index in [0.29, 0.717) is 0 Å². The van der Waals surface area contributed by atoms with Crippen molar-refractivity contribution < 1.29 is 26.8 Å². The third-order valence-electron chi connectivity index (χ3n) is 5.18. The molecule has 0 fully saturated rings. The van der Waals surface area contributed by atoms with Crippen LogP contribution in [0, 0.1) is 11.6 Å². The maximum absolute atomic E-state index is 13.7. The van der Waals surface area contributed by atoms with Crippen LogP contribution in [0.5, 0.6) is 0 Å². The van der Waals surface area contributed by atoms with E-state index in [4.69, 9.17) is 0 Å². The predicted molar refractivity (Wildman–Crippen MR) is 135 cm³/mol. The number of carbonyl (C=O) groups excluding carboxylic acids is 2. The van der Waals surface area contributed by atoms with Crippen LogP contribution >= 0.6 is 15.9 Å². The van der Waals surface area contributed by atoms with Crippen LogP contribution in [0.2, 0.25) is 0 Å².